The van der Waals surface area contributed by atoms with E-state index in [0.717, 1.165) is 37.8 Å². The second-order valence-electron chi connectivity index (χ2n) is 4.68. The van der Waals surface area contributed by atoms with E-state index in [0.29, 0.717) is 0 Å². The van der Waals surface area contributed by atoms with Crippen LogP contribution >= 0.6 is 11.8 Å². The maximum atomic E-state index is 4.75. The summed E-state index contributed by atoms with van der Waals surface area (Å²) < 4.78 is 0. The van der Waals surface area contributed by atoms with Gasteiger partial charge in [-0.15, -0.1) is 11.8 Å². The fraction of sp³-hybridized carbons (Fsp3) is 0.333. The Bertz CT molecular complexity index is 582. The number of nitrogens with zero attached hydrogens (tertiary/aromatic N) is 3. The lowest BCUT2D eigenvalue weighted by Crippen LogP contribution is -2.44. The van der Waals surface area contributed by atoms with Crippen molar-refractivity contribution in [1.29, 1.82) is 0 Å². The van der Waals surface area contributed by atoms with E-state index in [4.69, 9.17) is 4.98 Å². The van der Waals surface area contributed by atoms with E-state index in [2.05, 4.69) is 45.7 Å². The van der Waals surface area contributed by atoms with Crippen LogP contribution in [0.25, 0.3) is 11.3 Å². The highest BCUT2D eigenvalue weighted by atomic mass is 32.2. The van der Waals surface area contributed by atoms with Gasteiger partial charge in [0.15, 0.2) is 0 Å². The summed E-state index contributed by atoms with van der Waals surface area (Å²) in [6, 6.07) is 10.4. The first kappa shape index (κ1) is 13.4. The molecule has 0 radical (unpaired) electrons. The Kier molecular flexibility index (Phi) is 4.18. The molecule has 1 aromatic heterocycles. The highest BCUT2D eigenvalue weighted by molar-refractivity contribution is 7.98. The number of hydrogen-bond donors (Lipinski definition) is 1. The highest BCUT2D eigenvalue weighted by Crippen LogP contribution is 2.29. The van der Waals surface area contributed by atoms with Crippen LogP contribution in [0, 0.1) is 0 Å². The van der Waals surface area contributed by atoms with E-state index in [1.165, 1.54) is 10.5 Å². The van der Waals surface area contributed by atoms with Gasteiger partial charge in [0, 0.05) is 42.8 Å². The maximum Gasteiger partial charge on any atom is 0.225 e. The summed E-state index contributed by atoms with van der Waals surface area (Å²) in [6.07, 6.45) is 3.95. The first-order valence-corrected chi connectivity index (χ1v) is 8.03. The van der Waals surface area contributed by atoms with Gasteiger partial charge in [-0.05, 0) is 18.4 Å². The van der Waals surface area contributed by atoms with Crippen molar-refractivity contribution < 1.29 is 0 Å². The molecule has 0 unspecified atom stereocenters. The molecule has 1 N–H and O–H groups in total. The van der Waals surface area contributed by atoms with Crippen LogP contribution in [0.2, 0.25) is 0 Å². The molecule has 0 atom stereocenters. The average Bonchev–Trinajstić information content (AvgIpc) is 2.56. The lowest BCUT2D eigenvalue weighted by Gasteiger charge is -2.27. The Hall–Kier alpha value is -1.59. The predicted molar refractivity (Wildman–Crippen MR) is 84.3 cm³/mol. The molecule has 1 fully saturated rings. The summed E-state index contributed by atoms with van der Waals surface area (Å²) >= 11 is 1.75. The molecule has 1 aliphatic rings. The normalized spacial score (nSPS) is 15.3. The Morgan fingerprint density at radius 3 is 2.75 bits per heavy atom. The Morgan fingerprint density at radius 1 is 1.15 bits per heavy atom. The fourth-order valence-electron chi connectivity index (χ4n) is 2.37. The van der Waals surface area contributed by atoms with Gasteiger partial charge < -0.3 is 10.2 Å². The second kappa shape index (κ2) is 6.24. The smallest absolute Gasteiger partial charge is 0.225 e. The number of rotatable bonds is 3. The van der Waals surface area contributed by atoms with Gasteiger partial charge in [-0.3, -0.25) is 0 Å². The molecule has 104 valence electrons. The van der Waals surface area contributed by atoms with E-state index in [9.17, 15) is 0 Å². The summed E-state index contributed by atoms with van der Waals surface area (Å²) in [5.74, 6) is 0.833. The molecular formula is C15H18N4S. The quantitative estimate of drug-likeness (QED) is 0.877. The number of aromatic nitrogens is 2. The average molecular weight is 286 g/mol. The van der Waals surface area contributed by atoms with Crippen molar-refractivity contribution in [3.63, 3.8) is 0 Å². The zero-order chi connectivity index (χ0) is 13.8. The number of benzene rings is 1. The Labute approximate surface area is 123 Å². The van der Waals surface area contributed by atoms with Crippen LogP contribution in [0.4, 0.5) is 5.95 Å². The van der Waals surface area contributed by atoms with Crippen LogP contribution in [-0.4, -0.2) is 42.4 Å². The molecule has 1 saturated heterocycles. The van der Waals surface area contributed by atoms with E-state index < -0.39 is 0 Å². The minimum absolute atomic E-state index is 0.833. The van der Waals surface area contributed by atoms with Crippen LogP contribution in [0.15, 0.2) is 41.4 Å². The van der Waals surface area contributed by atoms with Gasteiger partial charge in [0.25, 0.3) is 0 Å². The zero-order valence-corrected chi connectivity index (χ0v) is 12.4. The van der Waals surface area contributed by atoms with Crippen molar-refractivity contribution in [2.75, 3.05) is 37.3 Å². The predicted octanol–water partition coefficient (Wildman–Crippen LogP) is 2.28. The van der Waals surface area contributed by atoms with Gasteiger partial charge in [-0.1, -0.05) is 18.2 Å². The van der Waals surface area contributed by atoms with Crippen molar-refractivity contribution in [2.45, 2.75) is 4.90 Å². The van der Waals surface area contributed by atoms with Gasteiger partial charge in [0.2, 0.25) is 5.95 Å². The van der Waals surface area contributed by atoms with Gasteiger partial charge in [-0.2, -0.15) is 0 Å². The summed E-state index contributed by atoms with van der Waals surface area (Å²) in [5, 5.41) is 3.35. The topological polar surface area (TPSA) is 41.1 Å². The SMILES string of the molecule is CSc1ccccc1-c1ccnc(N2CCNCC2)n1. The van der Waals surface area contributed by atoms with E-state index >= 15 is 0 Å². The minimum Gasteiger partial charge on any atom is -0.338 e. The monoisotopic (exact) mass is 286 g/mol. The van der Waals surface area contributed by atoms with Gasteiger partial charge in [-0.25, -0.2) is 9.97 Å². The molecule has 0 spiro atoms. The molecule has 1 aliphatic heterocycles. The van der Waals surface area contributed by atoms with Crippen LogP contribution in [0.3, 0.4) is 0 Å². The third kappa shape index (κ3) is 2.78. The third-order valence-corrected chi connectivity index (χ3v) is 4.22. The molecule has 0 bridgehead atoms. The molecular weight excluding hydrogens is 268 g/mol. The van der Waals surface area contributed by atoms with E-state index in [-0.39, 0.29) is 0 Å². The standard InChI is InChI=1S/C15H18N4S/c1-20-14-5-3-2-4-12(14)13-6-7-17-15(18-13)19-10-8-16-9-11-19/h2-7,16H,8-11H2,1H3. The lowest BCUT2D eigenvalue weighted by atomic mass is 10.1. The molecule has 20 heavy (non-hydrogen) atoms. The number of hydrogen-bond acceptors (Lipinski definition) is 5. The molecule has 2 aromatic rings. The van der Waals surface area contributed by atoms with Gasteiger partial charge >= 0.3 is 0 Å². The molecule has 2 heterocycles. The minimum atomic E-state index is 0.833. The number of nitrogens with one attached hydrogen (secondary N) is 1. The first-order chi connectivity index (χ1) is 9.88. The van der Waals surface area contributed by atoms with E-state index in [1.807, 2.05) is 12.3 Å². The molecule has 1 aromatic carbocycles. The van der Waals surface area contributed by atoms with E-state index in [1.54, 1.807) is 11.8 Å². The summed E-state index contributed by atoms with van der Waals surface area (Å²) in [6.45, 7) is 3.92. The maximum absolute atomic E-state index is 4.75. The molecule has 0 saturated carbocycles. The largest absolute Gasteiger partial charge is 0.338 e. The van der Waals surface area contributed by atoms with Crippen LogP contribution in [0.1, 0.15) is 0 Å². The summed E-state index contributed by atoms with van der Waals surface area (Å²) in [5.41, 5.74) is 2.18. The van der Waals surface area contributed by atoms with Crippen molar-refractivity contribution in [3.8, 4) is 11.3 Å². The third-order valence-electron chi connectivity index (χ3n) is 3.43. The molecule has 4 nitrogen and oxygen atoms in total. The number of thioether (sulfide) groups is 1. The van der Waals surface area contributed by atoms with Crippen molar-refractivity contribution in [3.05, 3.63) is 36.5 Å². The second-order valence-corrected chi connectivity index (χ2v) is 5.53. The number of anilines is 1. The number of piperazine rings is 1. The van der Waals surface area contributed by atoms with Gasteiger partial charge in [0.05, 0.1) is 5.69 Å². The van der Waals surface area contributed by atoms with Crippen molar-refractivity contribution >= 4 is 17.7 Å². The Morgan fingerprint density at radius 2 is 1.95 bits per heavy atom. The zero-order valence-electron chi connectivity index (χ0n) is 11.5. The molecule has 0 amide bonds. The lowest BCUT2D eigenvalue weighted by molar-refractivity contribution is 0.580. The molecule has 0 aliphatic carbocycles. The first-order valence-electron chi connectivity index (χ1n) is 6.80. The van der Waals surface area contributed by atoms with Crippen molar-refractivity contribution in [2.24, 2.45) is 0 Å². The highest BCUT2D eigenvalue weighted by Gasteiger charge is 2.14. The van der Waals surface area contributed by atoms with Crippen molar-refractivity contribution in [1.82, 2.24) is 15.3 Å². The summed E-state index contributed by atoms with van der Waals surface area (Å²) in [7, 11) is 0. The van der Waals surface area contributed by atoms with Gasteiger partial charge in [0.1, 0.15) is 0 Å². The van der Waals surface area contributed by atoms with Crippen LogP contribution in [-0.2, 0) is 0 Å². The van der Waals surface area contributed by atoms with Crippen LogP contribution < -0.4 is 10.2 Å². The molecule has 5 heteroatoms. The van der Waals surface area contributed by atoms with Crippen LogP contribution in [0.5, 0.6) is 0 Å². The summed E-state index contributed by atoms with van der Waals surface area (Å²) in [4.78, 5) is 12.7. The molecule has 3 rings (SSSR count). The fourth-order valence-corrected chi connectivity index (χ4v) is 2.98. The Balaban J connectivity index is 1.94.